The molecule has 2 N–H and O–H groups in total. The van der Waals surface area contributed by atoms with Crippen LogP contribution in [0.15, 0.2) is 48.5 Å². The molecule has 0 saturated carbocycles. The van der Waals surface area contributed by atoms with E-state index in [-0.39, 0.29) is 11.8 Å². The molecule has 0 aliphatic heterocycles. The largest absolute Gasteiger partial charge is 0.490 e. The fourth-order valence-electron chi connectivity index (χ4n) is 2.41. The molecule has 0 saturated heterocycles. The van der Waals surface area contributed by atoms with Crippen LogP contribution >= 0.6 is 0 Å². The second kappa shape index (κ2) is 11.0. The predicted octanol–water partition coefficient (Wildman–Crippen LogP) is 3.49. The van der Waals surface area contributed by atoms with Gasteiger partial charge in [-0.2, -0.15) is 0 Å². The van der Waals surface area contributed by atoms with Crippen LogP contribution in [0.1, 0.15) is 41.0 Å². The standard InChI is InChI=1S/C21H26N2O4/c1-3-12-22-20(24)16-8-7-9-17(15-16)23-21(25)18-10-5-6-11-19(18)27-14-13-26-4-2/h5-11,15H,3-4,12-14H2,1-2H3,(H,22,24)(H,23,25). The Kier molecular flexibility index (Phi) is 8.32. The normalized spacial score (nSPS) is 10.3. The van der Waals surface area contributed by atoms with Crippen molar-refractivity contribution in [3.05, 3.63) is 59.7 Å². The van der Waals surface area contributed by atoms with Gasteiger partial charge in [-0.25, -0.2) is 0 Å². The van der Waals surface area contributed by atoms with E-state index < -0.39 is 0 Å². The molecule has 2 amide bonds. The minimum atomic E-state index is -0.298. The summed E-state index contributed by atoms with van der Waals surface area (Å²) in [7, 11) is 0. The lowest BCUT2D eigenvalue weighted by atomic mass is 10.1. The fraction of sp³-hybridized carbons (Fsp3) is 0.333. The molecule has 0 atom stereocenters. The molecule has 144 valence electrons. The number of hydrogen-bond acceptors (Lipinski definition) is 4. The minimum Gasteiger partial charge on any atom is -0.490 e. The lowest BCUT2D eigenvalue weighted by molar-refractivity contribution is 0.0951. The summed E-state index contributed by atoms with van der Waals surface area (Å²) in [6.45, 7) is 5.96. The van der Waals surface area contributed by atoms with Gasteiger partial charge in [0.1, 0.15) is 12.4 Å². The van der Waals surface area contributed by atoms with Gasteiger partial charge in [0.2, 0.25) is 0 Å². The number of ether oxygens (including phenoxy) is 2. The summed E-state index contributed by atoms with van der Waals surface area (Å²) in [6, 6.07) is 13.9. The number of carbonyl (C=O) groups excluding carboxylic acids is 2. The zero-order chi connectivity index (χ0) is 19.5. The molecule has 2 aromatic carbocycles. The van der Waals surface area contributed by atoms with Gasteiger partial charge in [0.25, 0.3) is 11.8 Å². The predicted molar refractivity (Wildman–Crippen MR) is 105 cm³/mol. The molecule has 0 fully saturated rings. The number of rotatable bonds is 10. The van der Waals surface area contributed by atoms with Gasteiger partial charge < -0.3 is 20.1 Å². The van der Waals surface area contributed by atoms with E-state index in [1.54, 1.807) is 42.5 Å². The van der Waals surface area contributed by atoms with Gasteiger partial charge >= 0.3 is 0 Å². The molecule has 2 rings (SSSR count). The van der Waals surface area contributed by atoms with Crippen molar-refractivity contribution in [2.75, 3.05) is 31.7 Å². The Hall–Kier alpha value is -2.86. The fourth-order valence-corrected chi connectivity index (χ4v) is 2.41. The molecule has 2 aromatic rings. The van der Waals surface area contributed by atoms with E-state index in [2.05, 4.69) is 10.6 Å². The first-order chi connectivity index (χ1) is 13.2. The number of para-hydroxylation sites is 1. The first kappa shape index (κ1) is 20.5. The van der Waals surface area contributed by atoms with E-state index in [1.165, 1.54) is 0 Å². The van der Waals surface area contributed by atoms with Gasteiger partial charge in [0, 0.05) is 24.4 Å². The van der Waals surface area contributed by atoms with Crippen molar-refractivity contribution in [2.24, 2.45) is 0 Å². The van der Waals surface area contributed by atoms with Gasteiger partial charge in [-0.05, 0) is 43.7 Å². The Morgan fingerprint density at radius 2 is 1.78 bits per heavy atom. The summed E-state index contributed by atoms with van der Waals surface area (Å²) in [5, 5.41) is 5.64. The molecule has 0 spiro atoms. The lowest BCUT2D eigenvalue weighted by Crippen LogP contribution is -2.24. The highest BCUT2D eigenvalue weighted by molar-refractivity contribution is 6.06. The van der Waals surface area contributed by atoms with Crippen molar-refractivity contribution < 1.29 is 19.1 Å². The Morgan fingerprint density at radius 1 is 0.963 bits per heavy atom. The van der Waals surface area contributed by atoms with Crippen LogP contribution in [0.2, 0.25) is 0 Å². The average Bonchev–Trinajstić information content (AvgIpc) is 2.70. The third-order valence-electron chi connectivity index (χ3n) is 3.74. The van der Waals surface area contributed by atoms with Crippen LogP contribution in [0.5, 0.6) is 5.75 Å². The van der Waals surface area contributed by atoms with Crippen molar-refractivity contribution in [2.45, 2.75) is 20.3 Å². The number of nitrogens with one attached hydrogen (secondary N) is 2. The quantitative estimate of drug-likeness (QED) is 0.628. The van der Waals surface area contributed by atoms with Crippen LogP contribution < -0.4 is 15.4 Å². The third kappa shape index (κ3) is 6.42. The van der Waals surface area contributed by atoms with Crippen molar-refractivity contribution in [3.8, 4) is 5.75 Å². The Bertz CT molecular complexity index is 761. The number of hydrogen-bond donors (Lipinski definition) is 2. The Balaban J connectivity index is 2.06. The lowest BCUT2D eigenvalue weighted by Gasteiger charge is -2.12. The van der Waals surface area contributed by atoms with E-state index in [1.807, 2.05) is 19.9 Å². The van der Waals surface area contributed by atoms with Gasteiger partial charge in [-0.1, -0.05) is 25.1 Å². The summed E-state index contributed by atoms with van der Waals surface area (Å²) in [5.74, 6) is 0.0345. The Labute approximate surface area is 159 Å². The summed E-state index contributed by atoms with van der Waals surface area (Å²) in [6.07, 6.45) is 0.863. The van der Waals surface area contributed by atoms with Crippen LogP contribution in [0.4, 0.5) is 5.69 Å². The molecule has 0 aromatic heterocycles. The monoisotopic (exact) mass is 370 g/mol. The number of amides is 2. The summed E-state index contributed by atoms with van der Waals surface area (Å²) in [5.41, 5.74) is 1.48. The molecule has 0 aliphatic carbocycles. The van der Waals surface area contributed by atoms with E-state index in [4.69, 9.17) is 9.47 Å². The third-order valence-corrected chi connectivity index (χ3v) is 3.74. The van der Waals surface area contributed by atoms with Crippen molar-refractivity contribution in [1.82, 2.24) is 5.32 Å². The van der Waals surface area contributed by atoms with E-state index in [0.717, 1.165) is 6.42 Å². The Morgan fingerprint density at radius 3 is 2.56 bits per heavy atom. The smallest absolute Gasteiger partial charge is 0.259 e. The molecule has 0 aliphatic rings. The minimum absolute atomic E-state index is 0.160. The summed E-state index contributed by atoms with van der Waals surface area (Å²) >= 11 is 0. The maximum absolute atomic E-state index is 12.7. The molecule has 0 heterocycles. The number of carbonyl (C=O) groups is 2. The maximum Gasteiger partial charge on any atom is 0.259 e. The van der Waals surface area contributed by atoms with Gasteiger partial charge in [-0.15, -0.1) is 0 Å². The highest BCUT2D eigenvalue weighted by Crippen LogP contribution is 2.20. The maximum atomic E-state index is 12.7. The molecular formula is C21H26N2O4. The first-order valence-corrected chi connectivity index (χ1v) is 9.14. The second-order valence-electron chi connectivity index (χ2n) is 5.83. The second-order valence-corrected chi connectivity index (χ2v) is 5.83. The molecule has 27 heavy (non-hydrogen) atoms. The molecule has 6 nitrogen and oxygen atoms in total. The molecule has 0 bridgehead atoms. The van der Waals surface area contributed by atoms with Crippen molar-refractivity contribution in [1.29, 1.82) is 0 Å². The topological polar surface area (TPSA) is 76.7 Å². The van der Waals surface area contributed by atoms with Gasteiger partial charge in [0.15, 0.2) is 0 Å². The van der Waals surface area contributed by atoms with Crippen molar-refractivity contribution in [3.63, 3.8) is 0 Å². The molecular weight excluding hydrogens is 344 g/mol. The summed E-state index contributed by atoms with van der Waals surface area (Å²) in [4.78, 5) is 24.7. The van der Waals surface area contributed by atoms with E-state index in [9.17, 15) is 9.59 Å². The van der Waals surface area contributed by atoms with E-state index >= 15 is 0 Å². The summed E-state index contributed by atoms with van der Waals surface area (Å²) < 4.78 is 10.9. The zero-order valence-corrected chi connectivity index (χ0v) is 15.8. The number of benzene rings is 2. The molecule has 0 unspecified atom stereocenters. The molecule has 6 heteroatoms. The van der Waals surface area contributed by atoms with Gasteiger partial charge in [-0.3, -0.25) is 9.59 Å². The highest BCUT2D eigenvalue weighted by atomic mass is 16.5. The van der Waals surface area contributed by atoms with Crippen molar-refractivity contribution >= 4 is 17.5 Å². The highest BCUT2D eigenvalue weighted by Gasteiger charge is 2.13. The van der Waals surface area contributed by atoms with Crippen LogP contribution in [-0.2, 0) is 4.74 Å². The average molecular weight is 370 g/mol. The van der Waals surface area contributed by atoms with Crippen LogP contribution in [-0.4, -0.2) is 38.2 Å². The van der Waals surface area contributed by atoms with Crippen LogP contribution in [0, 0.1) is 0 Å². The molecule has 0 radical (unpaired) electrons. The van der Waals surface area contributed by atoms with Crippen LogP contribution in [0.25, 0.3) is 0 Å². The zero-order valence-electron chi connectivity index (χ0n) is 15.8. The van der Waals surface area contributed by atoms with Crippen LogP contribution in [0.3, 0.4) is 0 Å². The SMILES string of the molecule is CCCNC(=O)c1cccc(NC(=O)c2ccccc2OCCOCC)c1. The number of anilines is 1. The first-order valence-electron chi connectivity index (χ1n) is 9.14. The van der Waals surface area contributed by atoms with E-state index in [0.29, 0.717) is 48.9 Å². The van der Waals surface area contributed by atoms with Gasteiger partial charge in [0.05, 0.1) is 12.2 Å².